The van der Waals surface area contributed by atoms with E-state index in [1.54, 1.807) is 0 Å². The van der Waals surface area contributed by atoms with Crippen LogP contribution in [-0.4, -0.2) is 16.4 Å². The number of hydrogen-bond donors (Lipinski definition) is 2. The zero-order valence-corrected chi connectivity index (χ0v) is 7.64. The predicted molar refractivity (Wildman–Crippen MR) is 43.3 cm³/mol. The lowest BCUT2D eigenvalue weighted by Crippen LogP contribution is -2.42. The summed E-state index contributed by atoms with van der Waals surface area (Å²) in [5.74, 6) is -4.95. The summed E-state index contributed by atoms with van der Waals surface area (Å²) in [5.41, 5.74) is -0.824. The minimum atomic E-state index is -5.27. The average molecular weight is 224 g/mol. The molecule has 0 saturated carbocycles. The van der Waals surface area contributed by atoms with Gasteiger partial charge in [0, 0.05) is 5.56 Å². The van der Waals surface area contributed by atoms with E-state index in [9.17, 15) is 17.6 Å². The van der Waals surface area contributed by atoms with Crippen molar-refractivity contribution in [3.63, 3.8) is 0 Å². The minimum absolute atomic E-state index is 0.122. The molecule has 0 aliphatic rings. The molecule has 6 heteroatoms. The van der Waals surface area contributed by atoms with Crippen LogP contribution < -0.4 is 0 Å². The highest BCUT2D eigenvalue weighted by atomic mass is 19.4. The van der Waals surface area contributed by atoms with Crippen molar-refractivity contribution < 1.29 is 27.8 Å². The summed E-state index contributed by atoms with van der Waals surface area (Å²) in [7, 11) is 0. The zero-order chi connectivity index (χ0) is 11.9. The number of halogens is 4. The van der Waals surface area contributed by atoms with Crippen LogP contribution in [0.25, 0.3) is 0 Å². The van der Waals surface area contributed by atoms with Gasteiger partial charge in [-0.1, -0.05) is 12.1 Å². The molecule has 0 spiro atoms. The monoisotopic (exact) mass is 224 g/mol. The summed E-state index contributed by atoms with van der Waals surface area (Å²) in [6.45, 7) is 1.35. The lowest BCUT2D eigenvalue weighted by Gasteiger charge is -2.24. The van der Waals surface area contributed by atoms with E-state index in [2.05, 4.69) is 0 Å². The first-order valence-electron chi connectivity index (χ1n) is 3.94. The fraction of sp³-hybridized carbons (Fsp3) is 0.333. The van der Waals surface area contributed by atoms with Gasteiger partial charge in [-0.05, 0) is 18.6 Å². The summed E-state index contributed by atoms with van der Waals surface area (Å²) in [5, 5.41) is 17.6. The third-order valence-corrected chi connectivity index (χ3v) is 1.97. The summed E-state index contributed by atoms with van der Waals surface area (Å²) in [6.07, 6.45) is -5.27. The van der Waals surface area contributed by atoms with Gasteiger partial charge < -0.3 is 10.2 Å². The Morgan fingerprint density at radius 3 is 2.07 bits per heavy atom. The highest BCUT2D eigenvalue weighted by molar-refractivity contribution is 5.27. The Balaban J connectivity index is 3.22. The lowest BCUT2D eigenvalue weighted by atomic mass is 10.0. The van der Waals surface area contributed by atoms with Crippen molar-refractivity contribution in [1.29, 1.82) is 0 Å². The number of aryl methyl sites for hydroxylation is 1. The number of alkyl halides is 3. The molecule has 0 saturated heterocycles. The van der Waals surface area contributed by atoms with E-state index < -0.39 is 23.3 Å². The average Bonchev–Trinajstić information content (AvgIpc) is 2.07. The first-order valence-corrected chi connectivity index (χ1v) is 3.94. The Labute approximate surface area is 82.8 Å². The van der Waals surface area contributed by atoms with E-state index in [4.69, 9.17) is 10.2 Å². The Hall–Kier alpha value is -1.14. The molecule has 0 unspecified atom stereocenters. The maximum absolute atomic E-state index is 12.9. The molecule has 0 radical (unpaired) electrons. The molecule has 0 fully saturated rings. The molecule has 2 nitrogen and oxygen atoms in total. The van der Waals surface area contributed by atoms with Crippen LogP contribution >= 0.6 is 0 Å². The first kappa shape index (κ1) is 11.9. The van der Waals surface area contributed by atoms with Crippen molar-refractivity contribution in [3.8, 4) is 0 Å². The van der Waals surface area contributed by atoms with Gasteiger partial charge in [0.1, 0.15) is 5.82 Å². The normalized spacial score (nSPS) is 13.0. The molecule has 0 heterocycles. The summed E-state index contributed by atoms with van der Waals surface area (Å²) >= 11 is 0. The van der Waals surface area contributed by atoms with Crippen molar-refractivity contribution in [3.05, 3.63) is 35.1 Å². The Morgan fingerprint density at radius 2 is 1.67 bits per heavy atom. The maximum atomic E-state index is 12.9. The quantitative estimate of drug-likeness (QED) is 0.564. The SMILES string of the molecule is Cc1ccc(C(O)(O)C(F)(F)F)cc1F. The van der Waals surface area contributed by atoms with E-state index >= 15 is 0 Å². The van der Waals surface area contributed by atoms with Crippen LogP contribution in [0.4, 0.5) is 17.6 Å². The molecule has 1 aromatic carbocycles. The van der Waals surface area contributed by atoms with Gasteiger partial charge in [-0.3, -0.25) is 0 Å². The van der Waals surface area contributed by atoms with Gasteiger partial charge in [-0.2, -0.15) is 13.2 Å². The van der Waals surface area contributed by atoms with Gasteiger partial charge in [0.25, 0.3) is 5.79 Å². The Kier molecular flexibility index (Phi) is 2.75. The molecular formula is C9H8F4O2. The smallest absolute Gasteiger partial charge is 0.355 e. The highest BCUT2D eigenvalue weighted by Gasteiger charge is 2.54. The van der Waals surface area contributed by atoms with Crippen molar-refractivity contribution >= 4 is 0 Å². The van der Waals surface area contributed by atoms with Crippen LogP contribution in [0.5, 0.6) is 0 Å². The largest absolute Gasteiger partial charge is 0.447 e. The van der Waals surface area contributed by atoms with Gasteiger partial charge in [0.2, 0.25) is 0 Å². The first-order chi connectivity index (χ1) is 6.66. The molecule has 0 aromatic heterocycles. The van der Waals surface area contributed by atoms with Gasteiger partial charge in [-0.15, -0.1) is 0 Å². The van der Waals surface area contributed by atoms with Crippen LogP contribution in [0.15, 0.2) is 18.2 Å². The predicted octanol–water partition coefficient (Wildman–Crippen LogP) is 1.83. The third kappa shape index (κ3) is 2.10. The number of rotatable bonds is 1. The standard InChI is InChI=1S/C9H8F4O2/c1-5-2-3-6(4-7(5)10)8(14,15)9(11,12)13/h2-4,14-15H,1H3. The van der Waals surface area contributed by atoms with Crippen LogP contribution in [0.2, 0.25) is 0 Å². The maximum Gasteiger partial charge on any atom is 0.447 e. The molecular weight excluding hydrogens is 216 g/mol. The molecule has 0 aliphatic carbocycles. The molecule has 0 bridgehead atoms. The molecule has 15 heavy (non-hydrogen) atoms. The third-order valence-electron chi connectivity index (χ3n) is 1.97. The van der Waals surface area contributed by atoms with E-state index in [-0.39, 0.29) is 5.56 Å². The number of benzene rings is 1. The van der Waals surface area contributed by atoms with Crippen molar-refractivity contribution in [2.24, 2.45) is 0 Å². The minimum Gasteiger partial charge on any atom is -0.355 e. The zero-order valence-electron chi connectivity index (χ0n) is 7.64. The second kappa shape index (κ2) is 3.46. The highest BCUT2D eigenvalue weighted by Crippen LogP contribution is 2.36. The topological polar surface area (TPSA) is 40.5 Å². The van der Waals surface area contributed by atoms with E-state index in [1.807, 2.05) is 0 Å². The fourth-order valence-electron chi connectivity index (χ4n) is 0.973. The second-order valence-corrected chi connectivity index (χ2v) is 3.13. The Morgan fingerprint density at radius 1 is 1.13 bits per heavy atom. The second-order valence-electron chi connectivity index (χ2n) is 3.13. The molecule has 2 N–H and O–H groups in total. The van der Waals surface area contributed by atoms with E-state index in [0.29, 0.717) is 6.07 Å². The summed E-state index contributed by atoms with van der Waals surface area (Å²) in [4.78, 5) is 0. The van der Waals surface area contributed by atoms with Crippen molar-refractivity contribution in [2.45, 2.75) is 18.9 Å². The van der Waals surface area contributed by atoms with Crippen LogP contribution in [-0.2, 0) is 5.79 Å². The van der Waals surface area contributed by atoms with Crippen LogP contribution in [0.1, 0.15) is 11.1 Å². The van der Waals surface area contributed by atoms with E-state index in [0.717, 1.165) is 12.1 Å². The van der Waals surface area contributed by atoms with E-state index in [1.165, 1.54) is 6.92 Å². The molecule has 0 aliphatic heterocycles. The van der Waals surface area contributed by atoms with Gasteiger partial charge in [0.15, 0.2) is 0 Å². The molecule has 1 rings (SSSR count). The van der Waals surface area contributed by atoms with Crippen molar-refractivity contribution in [1.82, 2.24) is 0 Å². The van der Waals surface area contributed by atoms with Crippen LogP contribution in [0, 0.1) is 12.7 Å². The molecule has 84 valence electrons. The van der Waals surface area contributed by atoms with Gasteiger partial charge in [0.05, 0.1) is 0 Å². The fourth-order valence-corrected chi connectivity index (χ4v) is 0.973. The molecule has 0 atom stereocenters. The Bertz CT molecular complexity index is 371. The summed E-state index contributed by atoms with van der Waals surface area (Å²) in [6, 6.07) is 2.30. The molecule has 1 aromatic rings. The summed E-state index contributed by atoms with van der Waals surface area (Å²) < 4.78 is 49.3. The molecule has 0 amide bonds. The van der Waals surface area contributed by atoms with Gasteiger partial charge in [-0.25, -0.2) is 4.39 Å². The number of hydrogen-bond acceptors (Lipinski definition) is 2. The van der Waals surface area contributed by atoms with Crippen LogP contribution in [0.3, 0.4) is 0 Å². The lowest BCUT2D eigenvalue weighted by molar-refractivity contribution is -0.358. The van der Waals surface area contributed by atoms with Gasteiger partial charge >= 0.3 is 6.18 Å². The number of aliphatic hydroxyl groups is 2. The van der Waals surface area contributed by atoms with Crippen molar-refractivity contribution in [2.75, 3.05) is 0 Å².